The quantitative estimate of drug-likeness (QED) is 0.801. The Morgan fingerprint density at radius 1 is 1.53 bits per heavy atom. The van der Waals surface area contributed by atoms with Crippen LogP contribution in [0.2, 0.25) is 5.02 Å². The molecule has 1 aromatic rings. The Bertz CT molecular complexity index is 368. The van der Waals surface area contributed by atoms with Crippen LogP contribution in [-0.4, -0.2) is 26.0 Å². The van der Waals surface area contributed by atoms with Crippen LogP contribution < -0.4 is 16.4 Å². The summed E-state index contributed by atoms with van der Waals surface area (Å²) in [7, 11) is 1.89. The molecule has 0 aromatic heterocycles. The summed E-state index contributed by atoms with van der Waals surface area (Å²) in [5.41, 5.74) is 11.8. The number of hydrogen-bond acceptors (Lipinski definition) is 3. The van der Waals surface area contributed by atoms with E-state index in [1.165, 1.54) is 0 Å². The Morgan fingerprint density at radius 3 is 2.67 bits per heavy atom. The normalized spacial score (nSPS) is 10.1. The van der Waals surface area contributed by atoms with Crippen molar-refractivity contribution in [3.05, 3.63) is 28.8 Å². The third kappa shape index (κ3) is 2.84. The number of halogens is 1. The van der Waals surface area contributed by atoms with Crippen LogP contribution in [0.5, 0.6) is 0 Å². The molecular weight excluding hydrogens is 214 g/mol. The molecule has 0 aliphatic rings. The maximum Gasteiger partial charge on any atom is 0.248 e. The SMILES string of the molecule is CN(CCN)c1ccc(C(N)=O)cc1Cl. The third-order valence-electron chi connectivity index (χ3n) is 2.11. The largest absolute Gasteiger partial charge is 0.372 e. The van der Waals surface area contributed by atoms with E-state index in [2.05, 4.69) is 0 Å². The van der Waals surface area contributed by atoms with Crippen molar-refractivity contribution in [2.45, 2.75) is 0 Å². The van der Waals surface area contributed by atoms with Gasteiger partial charge in [0.15, 0.2) is 0 Å². The maximum atomic E-state index is 10.9. The molecule has 0 aliphatic heterocycles. The van der Waals surface area contributed by atoms with Crippen molar-refractivity contribution < 1.29 is 4.79 Å². The first-order chi connectivity index (χ1) is 7.06. The van der Waals surface area contributed by atoms with E-state index in [9.17, 15) is 4.79 Å². The first-order valence-corrected chi connectivity index (χ1v) is 4.94. The van der Waals surface area contributed by atoms with Crippen LogP contribution in [0.25, 0.3) is 0 Å². The topological polar surface area (TPSA) is 72.3 Å². The van der Waals surface area contributed by atoms with Crippen LogP contribution in [-0.2, 0) is 0 Å². The molecule has 5 heteroatoms. The number of nitrogens with zero attached hydrogens (tertiary/aromatic N) is 1. The molecule has 0 fully saturated rings. The first kappa shape index (κ1) is 11.8. The van der Waals surface area contributed by atoms with Gasteiger partial charge < -0.3 is 16.4 Å². The summed E-state index contributed by atoms with van der Waals surface area (Å²) in [6.45, 7) is 1.25. The highest BCUT2D eigenvalue weighted by Crippen LogP contribution is 2.25. The van der Waals surface area contributed by atoms with Crippen molar-refractivity contribution in [1.82, 2.24) is 0 Å². The van der Waals surface area contributed by atoms with Crippen LogP contribution in [0.4, 0.5) is 5.69 Å². The lowest BCUT2D eigenvalue weighted by atomic mass is 10.2. The average Bonchev–Trinajstić information content (AvgIpc) is 2.17. The second-order valence-electron chi connectivity index (χ2n) is 3.24. The van der Waals surface area contributed by atoms with Crippen LogP contribution in [0, 0.1) is 0 Å². The van der Waals surface area contributed by atoms with E-state index in [-0.39, 0.29) is 0 Å². The molecule has 0 aliphatic carbocycles. The van der Waals surface area contributed by atoms with E-state index in [0.717, 1.165) is 5.69 Å². The molecule has 4 nitrogen and oxygen atoms in total. The number of carbonyl (C=O) groups is 1. The van der Waals surface area contributed by atoms with Crippen molar-refractivity contribution in [3.63, 3.8) is 0 Å². The van der Waals surface area contributed by atoms with Gasteiger partial charge >= 0.3 is 0 Å². The van der Waals surface area contributed by atoms with Crippen molar-refractivity contribution in [2.24, 2.45) is 11.5 Å². The standard InChI is InChI=1S/C10H14ClN3O/c1-14(5-4-12)9-3-2-7(10(13)15)6-8(9)11/h2-3,6H,4-5,12H2,1H3,(H2,13,15). The van der Waals surface area contributed by atoms with Gasteiger partial charge in [0, 0.05) is 25.7 Å². The molecule has 1 amide bonds. The Hall–Kier alpha value is -1.26. The van der Waals surface area contributed by atoms with E-state index < -0.39 is 5.91 Å². The minimum Gasteiger partial charge on any atom is -0.372 e. The second kappa shape index (κ2) is 5.00. The molecule has 15 heavy (non-hydrogen) atoms. The van der Waals surface area contributed by atoms with E-state index in [1.54, 1.807) is 18.2 Å². The minimum atomic E-state index is -0.482. The summed E-state index contributed by atoms with van der Waals surface area (Å²) >= 11 is 6.01. The zero-order chi connectivity index (χ0) is 11.4. The van der Waals surface area contributed by atoms with Crippen molar-refractivity contribution in [1.29, 1.82) is 0 Å². The highest BCUT2D eigenvalue weighted by atomic mass is 35.5. The molecule has 0 saturated carbocycles. The monoisotopic (exact) mass is 227 g/mol. The Morgan fingerprint density at radius 2 is 2.20 bits per heavy atom. The smallest absolute Gasteiger partial charge is 0.248 e. The highest BCUT2D eigenvalue weighted by Gasteiger charge is 2.08. The molecule has 1 aromatic carbocycles. The number of amides is 1. The zero-order valence-corrected chi connectivity index (χ0v) is 9.29. The molecular formula is C10H14ClN3O. The van der Waals surface area contributed by atoms with Crippen LogP contribution >= 0.6 is 11.6 Å². The van der Waals surface area contributed by atoms with Gasteiger partial charge in [-0.2, -0.15) is 0 Å². The summed E-state index contributed by atoms with van der Waals surface area (Å²) in [4.78, 5) is 12.8. The fraction of sp³-hybridized carbons (Fsp3) is 0.300. The summed E-state index contributed by atoms with van der Waals surface area (Å²) in [5, 5.41) is 0.502. The molecule has 0 unspecified atom stereocenters. The van der Waals surface area contributed by atoms with Gasteiger partial charge in [-0.3, -0.25) is 4.79 Å². The molecule has 0 spiro atoms. The summed E-state index contributed by atoms with van der Waals surface area (Å²) in [5.74, 6) is -0.482. The predicted molar refractivity (Wildman–Crippen MR) is 62.3 cm³/mol. The van der Waals surface area contributed by atoms with Gasteiger partial charge in [0.1, 0.15) is 0 Å². The van der Waals surface area contributed by atoms with Crippen LogP contribution in [0.15, 0.2) is 18.2 Å². The molecule has 0 atom stereocenters. The van der Waals surface area contributed by atoms with Crippen molar-refractivity contribution in [3.8, 4) is 0 Å². The van der Waals surface area contributed by atoms with Gasteiger partial charge in [-0.1, -0.05) is 11.6 Å². The highest BCUT2D eigenvalue weighted by molar-refractivity contribution is 6.33. The van der Waals surface area contributed by atoms with Crippen molar-refractivity contribution >= 4 is 23.2 Å². The second-order valence-corrected chi connectivity index (χ2v) is 3.65. The Kier molecular flexibility index (Phi) is 3.94. The van der Waals surface area contributed by atoms with E-state index in [1.807, 2.05) is 11.9 Å². The van der Waals surface area contributed by atoms with E-state index >= 15 is 0 Å². The molecule has 1 rings (SSSR count). The van der Waals surface area contributed by atoms with Crippen LogP contribution in [0.1, 0.15) is 10.4 Å². The summed E-state index contributed by atoms with van der Waals surface area (Å²) in [6.07, 6.45) is 0. The Balaban J connectivity index is 2.97. The summed E-state index contributed by atoms with van der Waals surface area (Å²) < 4.78 is 0. The third-order valence-corrected chi connectivity index (χ3v) is 2.41. The van der Waals surface area contributed by atoms with Gasteiger partial charge in [-0.25, -0.2) is 0 Å². The van der Waals surface area contributed by atoms with E-state index in [4.69, 9.17) is 23.1 Å². The summed E-state index contributed by atoms with van der Waals surface area (Å²) in [6, 6.07) is 4.97. The van der Waals surface area contributed by atoms with Gasteiger partial charge in [0.05, 0.1) is 10.7 Å². The number of carbonyl (C=O) groups excluding carboxylic acids is 1. The van der Waals surface area contributed by atoms with Gasteiger partial charge in [-0.15, -0.1) is 0 Å². The van der Waals surface area contributed by atoms with Gasteiger partial charge in [0.2, 0.25) is 5.91 Å². The lowest BCUT2D eigenvalue weighted by molar-refractivity contribution is 0.100. The Labute approximate surface area is 93.8 Å². The number of anilines is 1. The fourth-order valence-corrected chi connectivity index (χ4v) is 1.61. The van der Waals surface area contributed by atoms with Crippen LogP contribution in [0.3, 0.4) is 0 Å². The lowest BCUT2D eigenvalue weighted by Crippen LogP contribution is -2.25. The zero-order valence-electron chi connectivity index (χ0n) is 8.53. The average molecular weight is 228 g/mol. The lowest BCUT2D eigenvalue weighted by Gasteiger charge is -2.19. The molecule has 0 bridgehead atoms. The minimum absolute atomic E-state index is 0.407. The van der Waals surface area contributed by atoms with Gasteiger partial charge in [-0.05, 0) is 18.2 Å². The molecule has 82 valence electrons. The van der Waals surface area contributed by atoms with Gasteiger partial charge in [0.25, 0.3) is 0 Å². The number of rotatable bonds is 4. The predicted octanol–water partition coefficient (Wildman–Crippen LogP) is 0.834. The molecule has 0 saturated heterocycles. The molecule has 4 N–H and O–H groups in total. The maximum absolute atomic E-state index is 10.9. The number of likely N-dealkylation sites (N-methyl/N-ethyl adjacent to an activating group) is 1. The van der Waals surface area contributed by atoms with Crippen molar-refractivity contribution in [2.75, 3.05) is 25.0 Å². The number of hydrogen-bond donors (Lipinski definition) is 2. The first-order valence-electron chi connectivity index (χ1n) is 4.57. The number of primary amides is 1. The molecule has 0 heterocycles. The molecule has 0 radical (unpaired) electrons. The van der Waals surface area contributed by atoms with E-state index in [0.29, 0.717) is 23.7 Å². The number of benzene rings is 1. The fourth-order valence-electron chi connectivity index (χ4n) is 1.28. The number of nitrogens with two attached hydrogens (primary N) is 2.